The fraction of sp³-hybridized carbons (Fsp3) is 0.632. The van der Waals surface area contributed by atoms with Gasteiger partial charge in [0.1, 0.15) is 5.69 Å². The van der Waals surface area contributed by atoms with Crippen LogP contribution in [0.15, 0.2) is 24.4 Å². The van der Waals surface area contributed by atoms with E-state index in [0.29, 0.717) is 5.69 Å². The van der Waals surface area contributed by atoms with Gasteiger partial charge in [0.2, 0.25) is 5.91 Å². The van der Waals surface area contributed by atoms with Gasteiger partial charge in [0, 0.05) is 38.4 Å². The lowest BCUT2D eigenvalue weighted by atomic mass is 9.93. The van der Waals surface area contributed by atoms with E-state index in [2.05, 4.69) is 15.2 Å². The predicted molar refractivity (Wildman–Crippen MR) is 94.0 cm³/mol. The monoisotopic (exact) mass is 342 g/mol. The molecule has 1 aromatic rings. The minimum atomic E-state index is -0.297. The van der Waals surface area contributed by atoms with Crippen molar-refractivity contribution < 1.29 is 9.59 Å². The summed E-state index contributed by atoms with van der Waals surface area (Å²) in [6, 6.07) is 5.92. The average Bonchev–Trinajstić information content (AvgIpc) is 3.30. The summed E-state index contributed by atoms with van der Waals surface area (Å²) in [5.41, 5.74) is 0.344. The Morgan fingerprint density at radius 2 is 1.96 bits per heavy atom. The molecule has 0 aromatic carbocycles. The third-order valence-electron chi connectivity index (χ3n) is 6.13. The lowest BCUT2D eigenvalue weighted by molar-refractivity contribution is -0.132. The molecule has 25 heavy (non-hydrogen) atoms. The fourth-order valence-corrected chi connectivity index (χ4v) is 4.82. The predicted octanol–water partition coefficient (Wildman–Crippen LogP) is 1.14. The molecular weight excluding hydrogens is 316 g/mol. The normalized spacial score (nSPS) is 29.0. The molecule has 0 unspecified atom stereocenters. The summed E-state index contributed by atoms with van der Waals surface area (Å²) in [4.78, 5) is 32.8. The zero-order valence-electron chi connectivity index (χ0n) is 14.6. The second-order valence-electron chi connectivity index (χ2n) is 7.56. The van der Waals surface area contributed by atoms with Crippen molar-refractivity contribution in [2.75, 3.05) is 32.7 Å². The molecule has 0 radical (unpaired) electrons. The van der Waals surface area contributed by atoms with Gasteiger partial charge in [0.05, 0.1) is 6.54 Å². The highest BCUT2D eigenvalue weighted by Gasteiger charge is 2.42. The molecule has 2 bridgehead atoms. The number of carbonyl (C=O) groups excluding carboxylic acids is 2. The van der Waals surface area contributed by atoms with Crippen LogP contribution in [0.1, 0.15) is 36.2 Å². The SMILES string of the molecule is O=C(NCC(=O)N1CCN([C@@H]2C[C@@H]3CC[C@@H]2C3)CC1)c1ccccn1. The van der Waals surface area contributed by atoms with E-state index in [9.17, 15) is 9.59 Å². The number of hydrogen-bond donors (Lipinski definition) is 1. The number of rotatable bonds is 4. The van der Waals surface area contributed by atoms with E-state index < -0.39 is 0 Å². The van der Waals surface area contributed by atoms with Gasteiger partial charge in [-0.15, -0.1) is 0 Å². The molecular formula is C19H26N4O2. The Kier molecular flexibility index (Phi) is 4.70. The van der Waals surface area contributed by atoms with Gasteiger partial charge in [-0.25, -0.2) is 0 Å². The molecule has 4 rings (SSSR count). The number of hydrogen-bond acceptors (Lipinski definition) is 4. The van der Waals surface area contributed by atoms with Gasteiger partial charge in [-0.05, 0) is 43.2 Å². The molecule has 1 aromatic heterocycles. The highest BCUT2D eigenvalue weighted by Crippen LogP contribution is 2.46. The average molecular weight is 342 g/mol. The van der Waals surface area contributed by atoms with Gasteiger partial charge in [-0.2, -0.15) is 0 Å². The number of piperazine rings is 1. The van der Waals surface area contributed by atoms with Gasteiger partial charge in [0.25, 0.3) is 5.91 Å². The zero-order valence-corrected chi connectivity index (χ0v) is 14.6. The third kappa shape index (κ3) is 3.54. The van der Waals surface area contributed by atoms with Crippen molar-refractivity contribution in [3.8, 4) is 0 Å². The number of amides is 2. The summed E-state index contributed by atoms with van der Waals surface area (Å²) < 4.78 is 0. The zero-order chi connectivity index (χ0) is 17.2. The third-order valence-corrected chi connectivity index (χ3v) is 6.13. The minimum absolute atomic E-state index is 0.00289. The molecule has 1 aliphatic heterocycles. The standard InChI is InChI=1S/C19H26N4O2/c24-18(13-21-19(25)16-3-1-2-6-20-16)23-9-7-22(8-10-23)17-12-14-4-5-15(17)11-14/h1-3,6,14-15,17H,4-5,7-13H2,(H,21,25)/t14-,15-,17-/m1/s1. The Labute approximate surface area is 148 Å². The second kappa shape index (κ2) is 7.12. The Morgan fingerprint density at radius 1 is 1.12 bits per heavy atom. The highest BCUT2D eigenvalue weighted by atomic mass is 16.2. The van der Waals surface area contributed by atoms with Gasteiger partial charge in [-0.1, -0.05) is 12.5 Å². The molecule has 0 spiro atoms. The van der Waals surface area contributed by atoms with Crippen molar-refractivity contribution in [2.24, 2.45) is 11.8 Å². The van der Waals surface area contributed by atoms with E-state index in [-0.39, 0.29) is 18.4 Å². The summed E-state index contributed by atoms with van der Waals surface area (Å²) in [7, 11) is 0. The molecule has 6 nitrogen and oxygen atoms in total. The minimum Gasteiger partial charge on any atom is -0.342 e. The Balaban J connectivity index is 1.22. The first-order chi connectivity index (χ1) is 12.2. The van der Waals surface area contributed by atoms with Crippen molar-refractivity contribution in [2.45, 2.75) is 31.7 Å². The number of carbonyl (C=O) groups is 2. The number of aromatic nitrogens is 1. The van der Waals surface area contributed by atoms with E-state index in [1.807, 2.05) is 4.90 Å². The molecule has 134 valence electrons. The van der Waals surface area contributed by atoms with Crippen LogP contribution in [0.3, 0.4) is 0 Å². The van der Waals surface area contributed by atoms with Crippen LogP contribution in [0.2, 0.25) is 0 Å². The Bertz CT molecular complexity index is 628. The number of fused-ring (bicyclic) bond motifs is 2. The van der Waals surface area contributed by atoms with Crippen molar-refractivity contribution >= 4 is 11.8 Å². The molecule has 2 amide bonds. The molecule has 1 saturated heterocycles. The maximum absolute atomic E-state index is 12.4. The molecule has 3 aliphatic rings. The Hall–Kier alpha value is -1.95. The highest BCUT2D eigenvalue weighted by molar-refractivity contribution is 5.94. The molecule has 2 aliphatic carbocycles. The molecule has 3 atom stereocenters. The Morgan fingerprint density at radius 3 is 2.60 bits per heavy atom. The van der Waals surface area contributed by atoms with Crippen LogP contribution in [0.5, 0.6) is 0 Å². The quantitative estimate of drug-likeness (QED) is 0.891. The van der Waals surface area contributed by atoms with Crippen molar-refractivity contribution in [3.63, 3.8) is 0 Å². The van der Waals surface area contributed by atoms with Gasteiger partial charge < -0.3 is 10.2 Å². The topological polar surface area (TPSA) is 65.5 Å². The number of nitrogens with zero attached hydrogens (tertiary/aromatic N) is 3. The fourth-order valence-electron chi connectivity index (χ4n) is 4.82. The van der Waals surface area contributed by atoms with E-state index in [1.54, 1.807) is 24.4 Å². The van der Waals surface area contributed by atoms with Crippen molar-refractivity contribution in [1.82, 2.24) is 20.1 Å². The van der Waals surface area contributed by atoms with Crippen LogP contribution in [-0.4, -0.2) is 65.4 Å². The largest absolute Gasteiger partial charge is 0.342 e. The van der Waals surface area contributed by atoms with E-state index in [0.717, 1.165) is 44.1 Å². The van der Waals surface area contributed by atoms with Crippen LogP contribution in [0.25, 0.3) is 0 Å². The first kappa shape index (κ1) is 16.5. The van der Waals surface area contributed by atoms with E-state index in [1.165, 1.54) is 25.7 Å². The molecule has 1 N–H and O–H groups in total. The molecule has 3 fully saturated rings. The summed E-state index contributed by atoms with van der Waals surface area (Å²) in [5, 5.41) is 2.68. The summed E-state index contributed by atoms with van der Waals surface area (Å²) in [5.74, 6) is 1.55. The number of nitrogens with one attached hydrogen (secondary N) is 1. The van der Waals surface area contributed by atoms with Gasteiger partial charge >= 0.3 is 0 Å². The van der Waals surface area contributed by atoms with Crippen LogP contribution in [0.4, 0.5) is 0 Å². The maximum atomic E-state index is 12.4. The van der Waals surface area contributed by atoms with Gasteiger partial charge in [-0.3, -0.25) is 19.5 Å². The summed E-state index contributed by atoms with van der Waals surface area (Å²) in [6.45, 7) is 3.52. The van der Waals surface area contributed by atoms with Crippen LogP contribution >= 0.6 is 0 Å². The van der Waals surface area contributed by atoms with Crippen LogP contribution < -0.4 is 5.32 Å². The lowest BCUT2D eigenvalue weighted by Gasteiger charge is -2.41. The second-order valence-corrected chi connectivity index (χ2v) is 7.56. The smallest absolute Gasteiger partial charge is 0.270 e. The maximum Gasteiger partial charge on any atom is 0.270 e. The van der Waals surface area contributed by atoms with E-state index in [4.69, 9.17) is 0 Å². The number of pyridine rings is 1. The van der Waals surface area contributed by atoms with Crippen molar-refractivity contribution in [1.29, 1.82) is 0 Å². The van der Waals surface area contributed by atoms with Crippen LogP contribution in [-0.2, 0) is 4.79 Å². The van der Waals surface area contributed by atoms with Crippen LogP contribution in [0, 0.1) is 11.8 Å². The lowest BCUT2D eigenvalue weighted by Crippen LogP contribution is -2.54. The van der Waals surface area contributed by atoms with Gasteiger partial charge in [0.15, 0.2) is 0 Å². The molecule has 2 heterocycles. The first-order valence-corrected chi connectivity index (χ1v) is 9.42. The molecule has 6 heteroatoms. The molecule has 2 saturated carbocycles. The summed E-state index contributed by atoms with van der Waals surface area (Å²) in [6.07, 6.45) is 7.18. The first-order valence-electron chi connectivity index (χ1n) is 9.42. The summed E-state index contributed by atoms with van der Waals surface area (Å²) >= 11 is 0. The van der Waals surface area contributed by atoms with E-state index >= 15 is 0 Å². The van der Waals surface area contributed by atoms with Crippen molar-refractivity contribution in [3.05, 3.63) is 30.1 Å².